The predicted molar refractivity (Wildman–Crippen MR) is 151 cm³/mol. The summed E-state index contributed by atoms with van der Waals surface area (Å²) in [6, 6.07) is 0. The fourth-order valence-corrected chi connectivity index (χ4v) is 7.01. The van der Waals surface area contributed by atoms with E-state index in [4.69, 9.17) is 8.85 Å². The Hall–Kier alpha value is -0.756. The van der Waals surface area contributed by atoms with Gasteiger partial charge in [-0.3, -0.25) is 4.79 Å². The average molecular weight is 505 g/mol. The molecule has 0 amide bonds. The van der Waals surface area contributed by atoms with E-state index in [0.29, 0.717) is 18.6 Å². The smallest absolute Gasteiger partial charge is 0.193 e. The van der Waals surface area contributed by atoms with Crippen molar-refractivity contribution in [1.29, 1.82) is 0 Å². The summed E-state index contributed by atoms with van der Waals surface area (Å²) >= 11 is 0. The Labute approximate surface area is 212 Å². The fraction of sp³-hybridized carbons (Fsp3) is 0.759. The van der Waals surface area contributed by atoms with Crippen molar-refractivity contribution in [3.63, 3.8) is 0 Å². The minimum absolute atomic E-state index is 0.00482. The Morgan fingerprint density at radius 1 is 1.06 bits per heavy atom. The van der Waals surface area contributed by atoms with E-state index in [9.17, 15) is 4.79 Å². The highest BCUT2D eigenvalue weighted by Crippen LogP contribution is 2.43. The topological polar surface area (TPSA) is 35.5 Å². The molecule has 194 valence electrons. The molecule has 0 aromatic rings. The molecule has 4 atom stereocenters. The van der Waals surface area contributed by atoms with Crippen LogP contribution in [0.15, 0.2) is 36.5 Å². The maximum Gasteiger partial charge on any atom is 0.193 e. The molecule has 0 N–H and O–H groups in total. The van der Waals surface area contributed by atoms with Gasteiger partial charge in [-0.15, -0.1) is 6.58 Å². The van der Waals surface area contributed by atoms with Crippen LogP contribution in [0.5, 0.6) is 0 Å². The van der Waals surface area contributed by atoms with Crippen LogP contribution < -0.4 is 0 Å². The van der Waals surface area contributed by atoms with Crippen LogP contribution in [0.1, 0.15) is 80.1 Å². The first-order valence-corrected chi connectivity index (χ1v) is 19.2. The van der Waals surface area contributed by atoms with Crippen LogP contribution >= 0.6 is 0 Å². The van der Waals surface area contributed by atoms with E-state index in [0.717, 1.165) is 12.8 Å². The van der Waals surface area contributed by atoms with Gasteiger partial charge in [0.15, 0.2) is 16.6 Å². The standard InChI is InChI=1S/C29H52O3Si2/c1-12-16-23-24(27(21-25(23)30)32-34(10,11)29(5,6)7)19-20-26(22-17-14-13-15-18-22)31-33(8,9)28(2,3)4/h12,17,19-20,23-24,26-27H,1,13-16,18,21H2,2-11H3/b20-19+/t23?,24?,26-,27?/m0/s1. The average Bonchev–Trinajstić information content (AvgIpc) is 2.98. The largest absolute Gasteiger partial charge is 0.413 e. The van der Waals surface area contributed by atoms with Crippen LogP contribution in [-0.2, 0) is 13.6 Å². The summed E-state index contributed by atoms with van der Waals surface area (Å²) in [5.41, 5.74) is 1.42. The molecule has 0 radical (unpaired) electrons. The van der Waals surface area contributed by atoms with Gasteiger partial charge in [0.2, 0.25) is 0 Å². The number of carbonyl (C=O) groups excluding carboxylic acids is 1. The van der Waals surface area contributed by atoms with E-state index in [-0.39, 0.29) is 34.1 Å². The van der Waals surface area contributed by atoms with Gasteiger partial charge in [0, 0.05) is 18.3 Å². The maximum absolute atomic E-state index is 13.0. The Morgan fingerprint density at radius 2 is 1.68 bits per heavy atom. The molecule has 1 saturated carbocycles. The van der Waals surface area contributed by atoms with Gasteiger partial charge < -0.3 is 8.85 Å². The number of allylic oxidation sites excluding steroid dienone is 2. The molecule has 2 aliphatic rings. The highest BCUT2D eigenvalue weighted by Gasteiger charge is 2.47. The second-order valence-corrected chi connectivity index (χ2v) is 23.0. The van der Waals surface area contributed by atoms with Crippen molar-refractivity contribution in [2.24, 2.45) is 11.8 Å². The Kier molecular flexibility index (Phi) is 9.62. The lowest BCUT2D eigenvalue weighted by atomic mass is 9.89. The molecule has 0 aliphatic heterocycles. The molecule has 1 fully saturated rings. The zero-order valence-corrected chi connectivity index (χ0v) is 25.8. The second-order valence-electron chi connectivity index (χ2n) is 13.5. The maximum atomic E-state index is 13.0. The first-order valence-electron chi connectivity index (χ1n) is 13.4. The van der Waals surface area contributed by atoms with Gasteiger partial charge in [-0.05, 0) is 73.9 Å². The lowest BCUT2D eigenvalue weighted by Gasteiger charge is -2.40. The minimum Gasteiger partial charge on any atom is -0.413 e. The van der Waals surface area contributed by atoms with Crippen molar-refractivity contribution in [3.8, 4) is 0 Å². The van der Waals surface area contributed by atoms with Gasteiger partial charge in [0.1, 0.15) is 5.78 Å². The monoisotopic (exact) mass is 504 g/mol. The van der Waals surface area contributed by atoms with Crippen LogP contribution in [-0.4, -0.2) is 34.6 Å². The summed E-state index contributed by atoms with van der Waals surface area (Å²) in [5.74, 6) is 0.351. The van der Waals surface area contributed by atoms with E-state index >= 15 is 0 Å². The van der Waals surface area contributed by atoms with Crippen LogP contribution in [0.3, 0.4) is 0 Å². The van der Waals surface area contributed by atoms with E-state index < -0.39 is 16.6 Å². The Morgan fingerprint density at radius 3 is 2.18 bits per heavy atom. The predicted octanol–water partition coefficient (Wildman–Crippen LogP) is 8.61. The number of carbonyl (C=O) groups is 1. The van der Waals surface area contributed by atoms with Crippen molar-refractivity contribution >= 4 is 22.4 Å². The molecule has 0 heterocycles. The van der Waals surface area contributed by atoms with Gasteiger partial charge in [0.25, 0.3) is 0 Å². The number of ketones is 1. The Balaban J connectivity index is 2.39. The third kappa shape index (κ3) is 7.14. The molecule has 0 saturated heterocycles. The van der Waals surface area contributed by atoms with Gasteiger partial charge in [-0.1, -0.05) is 65.8 Å². The van der Waals surface area contributed by atoms with Crippen LogP contribution in [0.25, 0.3) is 0 Å². The van der Waals surface area contributed by atoms with E-state index in [2.05, 4.69) is 92.5 Å². The van der Waals surface area contributed by atoms with Crippen LogP contribution in [0.4, 0.5) is 0 Å². The van der Waals surface area contributed by atoms with Crippen LogP contribution in [0.2, 0.25) is 36.3 Å². The SMILES string of the molecule is C=CCC1C(=O)CC(O[Si](C)(C)C(C)(C)C)C1/C=C/[C@H](O[Si](C)(C)C(C)(C)C)C1=CCCCC1. The zero-order valence-electron chi connectivity index (χ0n) is 23.8. The molecule has 2 rings (SSSR count). The molecule has 3 nitrogen and oxygen atoms in total. The van der Waals surface area contributed by atoms with E-state index in [1.165, 1.54) is 18.4 Å². The summed E-state index contributed by atoms with van der Waals surface area (Å²) in [5, 5.41) is 0.263. The third-order valence-electron chi connectivity index (χ3n) is 8.81. The molecule has 0 spiro atoms. The van der Waals surface area contributed by atoms with Gasteiger partial charge in [-0.25, -0.2) is 0 Å². The first kappa shape index (κ1) is 29.5. The molecule has 34 heavy (non-hydrogen) atoms. The normalized spacial score (nSPS) is 26.1. The lowest BCUT2D eigenvalue weighted by Crippen LogP contribution is -2.45. The summed E-state index contributed by atoms with van der Waals surface area (Å²) < 4.78 is 13.8. The molecule has 5 heteroatoms. The fourth-order valence-electron chi connectivity index (χ4n) is 4.44. The molecule has 3 unspecified atom stereocenters. The molecule has 0 aromatic carbocycles. The van der Waals surface area contributed by atoms with Crippen molar-refractivity contribution in [3.05, 3.63) is 36.5 Å². The molecule has 0 bridgehead atoms. The quantitative estimate of drug-likeness (QED) is 0.233. The zero-order chi connectivity index (χ0) is 25.9. The molecular formula is C29H52O3Si2. The van der Waals surface area contributed by atoms with Gasteiger partial charge >= 0.3 is 0 Å². The van der Waals surface area contributed by atoms with Crippen molar-refractivity contribution in [1.82, 2.24) is 0 Å². The number of hydrogen-bond acceptors (Lipinski definition) is 3. The first-order chi connectivity index (χ1) is 15.5. The molecular weight excluding hydrogens is 452 g/mol. The van der Waals surface area contributed by atoms with Crippen molar-refractivity contribution in [2.45, 2.75) is 129 Å². The van der Waals surface area contributed by atoms with E-state index in [1.807, 2.05) is 6.08 Å². The number of Topliss-reactive ketones (excluding diaryl/α,β-unsaturated/α-hetero) is 1. The van der Waals surface area contributed by atoms with Gasteiger partial charge in [0.05, 0.1) is 12.2 Å². The van der Waals surface area contributed by atoms with Crippen LogP contribution in [0, 0.1) is 11.8 Å². The van der Waals surface area contributed by atoms with Crippen molar-refractivity contribution < 1.29 is 13.6 Å². The lowest BCUT2D eigenvalue weighted by molar-refractivity contribution is -0.121. The minimum atomic E-state index is -1.99. The number of rotatable bonds is 9. The summed E-state index contributed by atoms with van der Waals surface area (Å²) in [4.78, 5) is 13.0. The molecule has 2 aliphatic carbocycles. The second kappa shape index (κ2) is 11.1. The highest BCUT2D eigenvalue weighted by molar-refractivity contribution is 6.74. The summed E-state index contributed by atoms with van der Waals surface area (Å²) in [6.45, 7) is 26.9. The summed E-state index contributed by atoms with van der Waals surface area (Å²) in [6.07, 6.45) is 14.8. The Bertz CT molecular complexity index is 780. The summed E-state index contributed by atoms with van der Waals surface area (Å²) in [7, 11) is -3.95. The number of hydrogen-bond donors (Lipinski definition) is 0. The highest BCUT2D eigenvalue weighted by atomic mass is 28.4. The molecule has 0 aromatic heterocycles. The van der Waals surface area contributed by atoms with Gasteiger partial charge in [-0.2, -0.15) is 0 Å². The third-order valence-corrected chi connectivity index (χ3v) is 17.8. The van der Waals surface area contributed by atoms with Crippen molar-refractivity contribution in [2.75, 3.05) is 0 Å². The van der Waals surface area contributed by atoms with E-state index in [1.54, 1.807) is 0 Å².